The molecule has 24 heavy (non-hydrogen) atoms. The maximum absolute atomic E-state index is 12.8. The lowest BCUT2D eigenvalue weighted by atomic mass is 10.0. The number of hydrogen-bond donors (Lipinski definition) is 1. The summed E-state index contributed by atoms with van der Waals surface area (Å²) in [6.45, 7) is 0. The van der Waals surface area contributed by atoms with Crippen LogP contribution in [0.3, 0.4) is 0 Å². The van der Waals surface area contributed by atoms with Crippen LogP contribution in [-0.2, 0) is 11.0 Å². The van der Waals surface area contributed by atoms with Crippen molar-refractivity contribution in [1.29, 1.82) is 0 Å². The van der Waals surface area contributed by atoms with Gasteiger partial charge in [0.15, 0.2) is 0 Å². The van der Waals surface area contributed by atoms with Gasteiger partial charge in [-0.1, -0.05) is 35.6 Å². The van der Waals surface area contributed by atoms with E-state index in [-0.39, 0.29) is 5.91 Å². The molecule has 1 amide bonds. The van der Waals surface area contributed by atoms with Crippen LogP contribution >= 0.6 is 11.3 Å². The summed E-state index contributed by atoms with van der Waals surface area (Å²) < 4.78 is 38.3. The lowest BCUT2D eigenvalue weighted by Crippen LogP contribution is -2.15. The average Bonchev–Trinajstić information content (AvgIpc) is 3.18. The number of halogens is 3. The number of anilines is 1. The van der Waals surface area contributed by atoms with Crippen molar-refractivity contribution < 1.29 is 18.0 Å². The number of alkyl halides is 3. The molecule has 8 heteroatoms. The Balaban J connectivity index is 1.68. The number of nitrogens with zero attached hydrogens (tertiary/aromatic N) is 2. The maximum Gasteiger partial charge on any atom is 0.416 e. The predicted octanol–water partition coefficient (Wildman–Crippen LogP) is 4.52. The van der Waals surface area contributed by atoms with E-state index in [0.717, 1.165) is 36.3 Å². The van der Waals surface area contributed by atoms with Gasteiger partial charge in [0, 0.05) is 12.0 Å². The van der Waals surface area contributed by atoms with Gasteiger partial charge in [0.2, 0.25) is 11.0 Å². The van der Waals surface area contributed by atoms with Crippen LogP contribution in [0.25, 0.3) is 10.6 Å². The molecular formula is C16H14F3N3OS. The van der Waals surface area contributed by atoms with Crippen LogP contribution in [0, 0.1) is 5.92 Å². The Morgan fingerprint density at radius 1 is 1.25 bits per heavy atom. The first-order valence-electron chi connectivity index (χ1n) is 7.38. The summed E-state index contributed by atoms with van der Waals surface area (Å²) >= 11 is 1.05. The molecule has 1 aromatic carbocycles. The van der Waals surface area contributed by atoms with Crippen LogP contribution in [0.15, 0.2) is 36.4 Å². The van der Waals surface area contributed by atoms with Gasteiger partial charge in [-0.15, -0.1) is 10.2 Å². The highest BCUT2D eigenvalue weighted by atomic mass is 32.1. The molecule has 0 saturated heterocycles. The molecule has 1 aliphatic carbocycles. The first kappa shape index (κ1) is 16.6. The van der Waals surface area contributed by atoms with Crippen molar-refractivity contribution in [2.45, 2.75) is 25.4 Å². The summed E-state index contributed by atoms with van der Waals surface area (Å²) in [5, 5.41) is 11.0. The number of amides is 1. The number of carbonyl (C=O) groups is 1. The zero-order chi connectivity index (χ0) is 17.2. The van der Waals surface area contributed by atoms with Crippen molar-refractivity contribution in [3.63, 3.8) is 0 Å². The molecule has 0 spiro atoms. The molecule has 0 bridgehead atoms. The maximum atomic E-state index is 12.8. The summed E-state index contributed by atoms with van der Waals surface area (Å²) in [5.41, 5.74) is -0.419. The topological polar surface area (TPSA) is 54.9 Å². The third-order valence-electron chi connectivity index (χ3n) is 3.69. The minimum atomic E-state index is -4.41. The van der Waals surface area contributed by atoms with Gasteiger partial charge < -0.3 is 5.32 Å². The van der Waals surface area contributed by atoms with Crippen LogP contribution in [0.4, 0.5) is 18.3 Å². The molecular weight excluding hydrogens is 339 g/mol. The largest absolute Gasteiger partial charge is 0.416 e. The van der Waals surface area contributed by atoms with E-state index in [4.69, 9.17) is 0 Å². The van der Waals surface area contributed by atoms with E-state index in [9.17, 15) is 18.0 Å². The van der Waals surface area contributed by atoms with E-state index in [0.29, 0.717) is 28.0 Å². The van der Waals surface area contributed by atoms with Crippen molar-refractivity contribution in [2.75, 3.05) is 5.32 Å². The Hall–Kier alpha value is -2.22. The summed E-state index contributed by atoms with van der Waals surface area (Å²) in [4.78, 5) is 12.0. The molecule has 1 aliphatic rings. The zero-order valence-electron chi connectivity index (χ0n) is 12.5. The van der Waals surface area contributed by atoms with Crippen molar-refractivity contribution in [2.24, 2.45) is 5.92 Å². The SMILES string of the molecule is O=C(CC1CC=CC1)Nc1nnc(-c2cccc(C(F)(F)F)c2)s1. The Labute approximate surface area is 140 Å². The minimum Gasteiger partial charge on any atom is -0.301 e. The first-order chi connectivity index (χ1) is 11.4. The monoisotopic (exact) mass is 353 g/mol. The predicted molar refractivity (Wildman–Crippen MR) is 85.5 cm³/mol. The van der Waals surface area contributed by atoms with Crippen LogP contribution in [0.1, 0.15) is 24.8 Å². The van der Waals surface area contributed by atoms with Crippen LogP contribution in [0.5, 0.6) is 0 Å². The van der Waals surface area contributed by atoms with Gasteiger partial charge in [0.1, 0.15) is 5.01 Å². The molecule has 0 atom stereocenters. The molecule has 0 aliphatic heterocycles. The van der Waals surface area contributed by atoms with Gasteiger partial charge in [-0.05, 0) is 30.9 Å². The first-order valence-corrected chi connectivity index (χ1v) is 8.19. The van der Waals surface area contributed by atoms with E-state index in [1.54, 1.807) is 0 Å². The van der Waals surface area contributed by atoms with E-state index >= 15 is 0 Å². The Morgan fingerprint density at radius 2 is 2.00 bits per heavy atom. The summed E-state index contributed by atoms with van der Waals surface area (Å²) in [7, 11) is 0. The fraction of sp³-hybridized carbons (Fsp3) is 0.312. The van der Waals surface area contributed by atoms with Gasteiger partial charge in [0.05, 0.1) is 5.56 Å². The fourth-order valence-electron chi connectivity index (χ4n) is 2.49. The van der Waals surface area contributed by atoms with Crippen LogP contribution in [0.2, 0.25) is 0 Å². The van der Waals surface area contributed by atoms with E-state index in [2.05, 4.69) is 27.7 Å². The number of nitrogens with one attached hydrogen (secondary N) is 1. The standard InChI is InChI=1S/C16H14F3N3OS/c17-16(18,19)12-7-3-6-11(9-12)14-21-22-15(24-14)20-13(23)8-10-4-1-2-5-10/h1-3,6-7,9-10H,4-5,8H2,(H,20,22,23). The highest BCUT2D eigenvalue weighted by molar-refractivity contribution is 7.18. The van der Waals surface area contributed by atoms with Crippen LogP contribution in [-0.4, -0.2) is 16.1 Å². The normalized spacial score (nSPS) is 15.0. The Bertz CT molecular complexity index is 762. The summed E-state index contributed by atoms with van der Waals surface area (Å²) in [6.07, 6.45) is 1.86. The van der Waals surface area contributed by atoms with Crippen molar-refractivity contribution >= 4 is 22.4 Å². The zero-order valence-corrected chi connectivity index (χ0v) is 13.3. The van der Waals surface area contributed by atoms with Gasteiger partial charge >= 0.3 is 6.18 Å². The number of benzene rings is 1. The number of allylic oxidation sites excluding steroid dienone is 2. The lowest BCUT2D eigenvalue weighted by Gasteiger charge is -2.07. The molecule has 126 valence electrons. The molecule has 2 aromatic rings. The number of hydrogen-bond acceptors (Lipinski definition) is 4. The van der Waals surface area contributed by atoms with E-state index in [1.807, 2.05) is 0 Å². The molecule has 0 unspecified atom stereocenters. The third kappa shape index (κ3) is 4.00. The fourth-order valence-corrected chi connectivity index (χ4v) is 3.25. The average molecular weight is 353 g/mol. The van der Waals surface area contributed by atoms with Crippen LogP contribution < -0.4 is 5.32 Å². The highest BCUT2D eigenvalue weighted by Gasteiger charge is 2.30. The van der Waals surface area contributed by atoms with Gasteiger partial charge in [-0.3, -0.25) is 4.79 Å². The molecule has 0 fully saturated rings. The van der Waals surface area contributed by atoms with Crippen molar-refractivity contribution in [3.8, 4) is 10.6 Å². The molecule has 3 rings (SSSR count). The molecule has 0 radical (unpaired) electrons. The second kappa shape index (κ2) is 6.72. The third-order valence-corrected chi connectivity index (χ3v) is 4.58. The van der Waals surface area contributed by atoms with E-state index in [1.165, 1.54) is 12.1 Å². The highest BCUT2D eigenvalue weighted by Crippen LogP contribution is 2.33. The van der Waals surface area contributed by atoms with Crippen molar-refractivity contribution in [1.82, 2.24) is 10.2 Å². The second-order valence-electron chi connectivity index (χ2n) is 5.55. The summed E-state index contributed by atoms with van der Waals surface area (Å²) in [5.74, 6) is 0.149. The molecule has 0 saturated carbocycles. The van der Waals surface area contributed by atoms with Gasteiger partial charge in [-0.25, -0.2) is 0 Å². The smallest absolute Gasteiger partial charge is 0.301 e. The molecule has 1 aromatic heterocycles. The molecule has 1 heterocycles. The van der Waals surface area contributed by atoms with Crippen molar-refractivity contribution in [3.05, 3.63) is 42.0 Å². The quantitative estimate of drug-likeness (QED) is 0.823. The number of rotatable bonds is 4. The summed E-state index contributed by atoms with van der Waals surface area (Å²) in [6, 6.07) is 4.88. The van der Waals surface area contributed by atoms with Gasteiger partial charge in [-0.2, -0.15) is 13.2 Å². The molecule has 4 nitrogen and oxygen atoms in total. The molecule has 1 N–H and O–H groups in total. The number of carbonyl (C=O) groups excluding carboxylic acids is 1. The van der Waals surface area contributed by atoms with Gasteiger partial charge in [0.25, 0.3) is 0 Å². The number of aromatic nitrogens is 2. The lowest BCUT2D eigenvalue weighted by molar-refractivity contribution is -0.137. The second-order valence-corrected chi connectivity index (χ2v) is 6.53. The minimum absolute atomic E-state index is 0.157. The Kier molecular flexibility index (Phi) is 4.66. The van der Waals surface area contributed by atoms with E-state index < -0.39 is 11.7 Å². The Morgan fingerprint density at radius 3 is 2.71 bits per heavy atom.